The Kier molecular flexibility index (Phi) is 4.22. The molecule has 2 nitrogen and oxygen atoms in total. The van der Waals surface area contributed by atoms with Gasteiger partial charge in [-0.1, -0.05) is 11.6 Å². The lowest BCUT2D eigenvalue weighted by molar-refractivity contribution is 0.413. The number of methoxy groups -OCH3 is 1. The van der Waals surface area contributed by atoms with Gasteiger partial charge in [-0.25, -0.2) is 8.78 Å². The van der Waals surface area contributed by atoms with Crippen LogP contribution in [0.5, 0.6) is 5.75 Å². The zero-order valence-electron chi connectivity index (χ0n) is 10.2. The van der Waals surface area contributed by atoms with Gasteiger partial charge >= 0.3 is 0 Å². The van der Waals surface area contributed by atoms with Crippen LogP contribution < -0.4 is 10.1 Å². The van der Waals surface area contributed by atoms with Gasteiger partial charge in [0.2, 0.25) is 0 Å². The molecule has 0 unspecified atom stereocenters. The molecule has 0 aliphatic rings. The normalized spacial score (nSPS) is 10.3. The highest BCUT2D eigenvalue weighted by Crippen LogP contribution is 2.25. The molecule has 0 spiro atoms. The van der Waals surface area contributed by atoms with Crippen molar-refractivity contribution in [2.45, 2.75) is 6.54 Å². The molecule has 100 valence electrons. The Labute approximate surface area is 115 Å². The third-order valence-corrected chi connectivity index (χ3v) is 2.79. The van der Waals surface area contributed by atoms with Crippen molar-refractivity contribution in [1.82, 2.24) is 0 Å². The summed E-state index contributed by atoms with van der Waals surface area (Å²) in [6, 6.07) is 8.45. The Hall–Kier alpha value is -1.81. The molecule has 2 aromatic rings. The summed E-state index contributed by atoms with van der Waals surface area (Å²) in [5, 5.41) is 3.38. The second-order valence-corrected chi connectivity index (χ2v) is 4.41. The molecule has 0 atom stereocenters. The number of halogens is 3. The Morgan fingerprint density at radius 2 is 1.89 bits per heavy atom. The predicted molar refractivity (Wildman–Crippen MR) is 71.7 cm³/mol. The van der Waals surface area contributed by atoms with Crippen molar-refractivity contribution in [2.24, 2.45) is 0 Å². The molecule has 0 saturated heterocycles. The topological polar surface area (TPSA) is 21.3 Å². The van der Waals surface area contributed by atoms with Crippen molar-refractivity contribution in [3.63, 3.8) is 0 Å². The Morgan fingerprint density at radius 1 is 1.11 bits per heavy atom. The summed E-state index contributed by atoms with van der Waals surface area (Å²) in [4.78, 5) is 0. The first-order chi connectivity index (χ1) is 9.08. The van der Waals surface area contributed by atoms with Gasteiger partial charge in [-0.15, -0.1) is 0 Å². The van der Waals surface area contributed by atoms with E-state index in [9.17, 15) is 8.78 Å². The molecule has 19 heavy (non-hydrogen) atoms. The molecule has 0 bridgehead atoms. The fraction of sp³-hybridized carbons (Fsp3) is 0.143. The van der Waals surface area contributed by atoms with Gasteiger partial charge in [0.05, 0.1) is 12.8 Å². The number of rotatable bonds is 4. The van der Waals surface area contributed by atoms with Crippen molar-refractivity contribution < 1.29 is 13.5 Å². The minimum atomic E-state index is -0.393. The van der Waals surface area contributed by atoms with Crippen molar-refractivity contribution >= 4 is 17.3 Å². The standard InChI is InChI=1S/C14H12ClF2NO/c1-19-14-7-11(16)2-3-13(14)18-8-9-4-10(15)6-12(17)5-9/h2-7,18H,8H2,1H3. The average Bonchev–Trinajstić information content (AvgIpc) is 2.36. The average molecular weight is 284 g/mol. The second-order valence-electron chi connectivity index (χ2n) is 3.98. The highest BCUT2D eigenvalue weighted by Gasteiger charge is 2.05. The fourth-order valence-corrected chi connectivity index (χ4v) is 1.97. The summed E-state index contributed by atoms with van der Waals surface area (Å²) in [7, 11) is 1.46. The van der Waals surface area contributed by atoms with Gasteiger partial charge in [0.15, 0.2) is 0 Å². The van der Waals surface area contributed by atoms with Crippen LogP contribution in [0.3, 0.4) is 0 Å². The summed E-state index contributed by atoms with van der Waals surface area (Å²) >= 11 is 5.77. The molecule has 0 aliphatic carbocycles. The van der Waals surface area contributed by atoms with Crippen molar-refractivity contribution in [3.8, 4) is 5.75 Å². The minimum Gasteiger partial charge on any atom is -0.494 e. The van der Waals surface area contributed by atoms with Crippen molar-refractivity contribution in [1.29, 1.82) is 0 Å². The zero-order valence-corrected chi connectivity index (χ0v) is 11.0. The predicted octanol–water partition coefficient (Wildman–Crippen LogP) is 4.24. The van der Waals surface area contributed by atoms with Gasteiger partial charge in [0.25, 0.3) is 0 Å². The molecule has 0 fully saturated rings. The molecule has 1 N–H and O–H groups in total. The number of anilines is 1. The van der Waals surface area contributed by atoms with E-state index in [0.29, 0.717) is 28.6 Å². The first kappa shape index (κ1) is 13.6. The lowest BCUT2D eigenvalue weighted by atomic mass is 10.2. The van der Waals surface area contributed by atoms with Gasteiger partial charge in [-0.3, -0.25) is 0 Å². The van der Waals surface area contributed by atoms with Crippen molar-refractivity contribution in [3.05, 3.63) is 58.6 Å². The number of ether oxygens (including phenoxy) is 1. The lowest BCUT2D eigenvalue weighted by Gasteiger charge is -2.11. The summed E-state index contributed by atoms with van der Waals surface area (Å²) in [6.07, 6.45) is 0. The van der Waals surface area contributed by atoms with E-state index in [-0.39, 0.29) is 5.82 Å². The maximum absolute atomic E-state index is 13.2. The largest absolute Gasteiger partial charge is 0.494 e. The third-order valence-electron chi connectivity index (χ3n) is 2.57. The first-order valence-corrected chi connectivity index (χ1v) is 5.98. The maximum Gasteiger partial charge on any atom is 0.144 e. The van der Waals surface area contributed by atoms with Gasteiger partial charge in [-0.05, 0) is 35.9 Å². The summed E-state index contributed by atoms with van der Waals surface area (Å²) in [5.74, 6) is -0.380. The van der Waals surface area contributed by atoms with Crippen LogP contribution in [0.1, 0.15) is 5.56 Å². The van der Waals surface area contributed by atoms with Crippen LogP contribution >= 0.6 is 11.6 Å². The fourth-order valence-electron chi connectivity index (χ4n) is 1.72. The molecular weight excluding hydrogens is 272 g/mol. The molecular formula is C14H12ClF2NO. The molecule has 5 heteroatoms. The van der Waals surface area contributed by atoms with E-state index in [4.69, 9.17) is 16.3 Å². The summed E-state index contributed by atoms with van der Waals surface area (Å²) in [5.41, 5.74) is 1.32. The number of nitrogens with one attached hydrogen (secondary N) is 1. The molecule has 0 amide bonds. The first-order valence-electron chi connectivity index (χ1n) is 5.61. The van der Waals surface area contributed by atoms with E-state index < -0.39 is 5.82 Å². The second kappa shape index (κ2) is 5.89. The Bertz CT molecular complexity index is 569. The van der Waals surface area contributed by atoms with Crippen LogP contribution in [0.4, 0.5) is 14.5 Å². The molecule has 2 rings (SSSR count). The van der Waals surface area contributed by atoms with Crippen LogP contribution in [-0.4, -0.2) is 7.11 Å². The van der Waals surface area contributed by atoms with E-state index in [2.05, 4.69) is 5.32 Å². The highest BCUT2D eigenvalue weighted by molar-refractivity contribution is 6.30. The minimum absolute atomic E-state index is 0.336. The molecule has 0 heterocycles. The maximum atomic E-state index is 13.2. The number of benzene rings is 2. The van der Waals surface area contributed by atoms with Gasteiger partial charge < -0.3 is 10.1 Å². The summed E-state index contributed by atoms with van der Waals surface area (Å²) in [6.45, 7) is 0.361. The van der Waals surface area contributed by atoms with Crippen LogP contribution in [0.25, 0.3) is 0 Å². The van der Waals surface area contributed by atoms with Crippen LogP contribution in [0, 0.1) is 11.6 Å². The van der Waals surface area contributed by atoms with Crippen LogP contribution in [0.2, 0.25) is 5.02 Å². The lowest BCUT2D eigenvalue weighted by Crippen LogP contribution is -2.02. The Balaban J connectivity index is 2.14. The molecule has 0 radical (unpaired) electrons. The van der Waals surface area contributed by atoms with Crippen LogP contribution in [-0.2, 0) is 6.54 Å². The summed E-state index contributed by atoms with van der Waals surface area (Å²) < 4.78 is 31.3. The van der Waals surface area contributed by atoms with E-state index in [1.807, 2.05) is 0 Å². The molecule has 2 aromatic carbocycles. The Morgan fingerprint density at radius 3 is 2.58 bits per heavy atom. The highest BCUT2D eigenvalue weighted by atomic mass is 35.5. The zero-order chi connectivity index (χ0) is 13.8. The quantitative estimate of drug-likeness (QED) is 0.906. The molecule has 0 saturated carbocycles. The number of hydrogen-bond donors (Lipinski definition) is 1. The smallest absolute Gasteiger partial charge is 0.144 e. The number of hydrogen-bond acceptors (Lipinski definition) is 2. The molecule has 0 aliphatic heterocycles. The van der Waals surface area contributed by atoms with Gasteiger partial charge in [0.1, 0.15) is 17.4 Å². The molecule has 0 aromatic heterocycles. The SMILES string of the molecule is COc1cc(F)ccc1NCc1cc(F)cc(Cl)c1. The van der Waals surface area contributed by atoms with Gasteiger partial charge in [-0.2, -0.15) is 0 Å². The van der Waals surface area contributed by atoms with Crippen LogP contribution in [0.15, 0.2) is 36.4 Å². The van der Waals surface area contributed by atoms with E-state index in [1.165, 1.54) is 31.4 Å². The monoisotopic (exact) mass is 283 g/mol. The van der Waals surface area contributed by atoms with E-state index in [0.717, 1.165) is 0 Å². The van der Waals surface area contributed by atoms with Crippen molar-refractivity contribution in [2.75, 3.05) is 12.4 Å². The third kappa shape index (κ3) is 3.58. The van der Waals surface area contributed by atoms with E-state index in [1.54, 1.807) is 12.1 Å². The van der Waals surface area contributed by atoms with Gasteiger partial charge in [0, 0.05) is 17.6 Å². The van der Waals surface area contributed by atoms with E-state index >= 15 is 0 Å².